The number of hydrogen-bond acceptors (Lipinski definition) is 5. The van der Waals surface area contributed by atoms with E-state index in [-0.39, 0.29) is 37.1 Å². The highest BCUT2D eigenvalue weighted by atomic mass is 19.4. The zero-order chi connectivity index (χ0) is 29.7. The van der Waals surface area contributed by atoms with Crippen molar-refractivity contribution in [3.63, 3.8) is 0 Å². The molecule has 1 aliphatic heterocycles. The summed E-state index contributed by atoms with van der Waals surface area (Å²) in [5.41, 5.74) is 1.45. The van der Waals surface area contributed by atoms with Crippen LogP contribution in [-0.4, -0.2) is 43.8 Å². The van der Waals surface area contributed by atoms with Gasteiger partial charge in [-0.25, -0.2) is 4.79 Å². The van der Waals surface area contributed by atoms with E-state index in [2.05, 4.69) is 0 Å². The first-order valence-corrected chi connectivity index (χ1v) is 13.3. The van der Waals surface area contributed by atoms with Crippen LogP contribution in [0.5, 0.6) is 11.5 Å². The normalized spacial score (nSPS) is 16.5. The number of methoxy groups -OCH3 is 2. The number of halogens is 3. The Morgan fingerprint density at radius 1 is 0.951 bits per heavy atom. The molecule has 7 nitrogen and oxygen atoms in total. The van der Waals surface area contributed by atoms with Crippen molar-refractivity contribution in [2.75, 3.05) is 25.7 Å². The smallest absolute Gasteiger partial charge is 0.416 e. The minimum atomic E-state index is -4.52. The molecule has 0 fully saturated rings. The molecule has 0 aromatic heterocycles. The van der Waals surface area contributed by atoms with E-state index in [1.807, 2.05) is 37.3 Å². The standard InChI is InChI=1S/C31H33F3N2O5/c1-5-41-30(38)36-20(2)14-25(24-17-27(39-3)28(40-4)18-26(24)36)35(19-21-10-7-6-8-11-21)29(37)16-22-12-9-13-23(15-22)31(32,33)34/h6-13,15,17-18,20,25H,5,14,16,19H2,1-4H3/t20-,25+/m1/s1. The van der Waals surface area contributed by atoms with E-state index in [4.69, 9.17) is 14.2 Å². The first-order valence-electron chi connectivity index (χ1n) is 13.3. The van der Waals surface area contributed by atoms with Gasteiger partial charge in [-0.3, -0.25) is 9.69 Å². The highest BCUT2D eigenvalue weighted by Gasteiger charge is 2.40. The summed E-state index contributed by atoms with van der Waals surface area (Å²) in [4.78, 5) is 30.2. The lowest BCUT2D eigenvalue weighted by molar-refractivity contribution is -0.138. The highest BCUT2D eigenvalue weighted by Crippen LogP contribution is 2.46. The molecule has 0 aliphatic carbocycles. The zero-order valence-electron chi connectivity index (χ0n) is 23.4. The number of nitrogens with zero attached hydrogens (tertiary/aromatic N) is 2. The highest BCUT2D eigenvalue weighted by molar-refractivity contribution is 5.91. The Balaban J connectivity index is 1.81. The van der Waals surface area contributed by atoms with E-state index >= 15 is 0 Å². The van der Waals surface area contributed by atoms with Gasteiger partial charge in [0.2, 0.25) is 5.91 Å². The van der Waals surface area contributed by atoms with Gasteiger partial charge >= 0.3 is 12.3 Å². The second-order valence-electron chi connectivity index (χ2n) is 9.82. The van der Waals surface area contributed by atoms with Gasteiger partial charge in [0.15, 0.2) is 11.5 Å². The molecule has 0 saturated carbocycles. The van der Waals surface area contributed by atoms with Crippen LogP contribution in [0.15, 0.2) is 66.7 Å². The van der Waals surface area contributed by atoms with E-state index in [0.717, 1.165) is 17.7 Å². The molecule has 0 N–H and O–H groups in total. The van der Waals surface area contributed by atoms with Crippen LogP contribution in [0, 0.1) is 0 Å². The van der Waals surface area contributed by atoms with E-state index in [1.165, 1.54) is 31.3 Å². The number of fused-ring (bicyclic) bond motifs is 1. The molecule has 1 aliphatic rings. The summed E-state index contributed by atoms with van der Waals surface area (Å²) in [6.07, 6.45) is -4.92. The predicted molar refractivity (Wildman–Crippen MR) is 148 cm³/mol. The number of alkyl halides is 3. The van der Waals surface area contributed by atoms with Crippen molar-refractivity contribution in [3.05, 3.63) is 89.0 Å². The van der Waals surface area contributed by atoms with Crippen LogP contribution in [0.1, 0.15) is 48.6 Å². The Morgan fingerprint density at radius 2 is 1.61 bits per heavy atom. The minimum absolute atomic E-state index is 0.184. The average molecular weight is 571 g/mol. The number of carbonyl (C=O) groups is 2. The molecule has 41 heavy (non-hydrogen) atoms. The van der Waals surface area contributed by atoms with Crippen molar-refractivity contribution in [1.29, 1.82) is 0 Å². The maximum absolute atomic E-state index is 14.0. The van der Waals surface area contributed by atoms with Crippen LogP contribution >= 0.6 is 0 Å². The Kier molecular flexibility index (Phi) is 9.10. The number of benzene rings is 3. The average Bonchev–Trinajstić information content (AvgIpc) is 2.95. The maximum atomic E-state index is 14.0. The Labute approximate surface area is 237 Å². The molecular weight excluding hydrogens is 537 g/mol. The van der Waals surface area contributed by atoms with Gasteiger partial charge in [0.25, 0.3) is 0 Å². The van der Waals surface area contributed by atoms with Gasteiger partial charge in [-0.05, 0) is 43.5 Å². The van der Waals surface area contributed by atoms with Crippen LogP contribution in [0.25, 0.3) is 0 Å². The Bertz CT molecular complexity index is 1380. The summed E-state index contributed by atoms with van der Waals surface area (Å²) in [6.45, 7) is 3.98. The van der Waals surface area contributed by atoms with Gasteiger partial charge in [-0.15, -0.1) is 0 Å². The quantitative estimate of drug-likeness (QED) is 0.298. The van der Waals surface area contributed by atoms with Crippen molar-refractivity contribution in [2.45, 2.75) is 51.5 Å². The van der Waals surface area contributed by atoms with Crippen molar-refractivity contribution in [2.24, 2.45) is 0 Å². The summed E-state index contributed by atoms with van der Waals surface area (Å²) in [6, 6.07) is 16.7. The summed E-state index contributed by atoms with van der Waals surface area (Å²) in [7, 11) is 2.98. The lowest BCUT2D eigenvalue weighted by Crippen LogP contribution is -2.48. The van der Waals surface area contributed by atoms with E-state index in [0.29, 0.717) is 29.2 Å². The topological polar surface area (TPSA) is 68.3 Å². The molecule has 4 rings (SSSR count). The van der Waals surface area contributed by atoms with Gasteiger partial charge in [0, 0.05) is 24.2 Å². The first kappa shape index (κ1) is 29.8. The van der Waals surface area contributed by atoms with Gasteiger partial charge in [-0.2, -0.15) is 13.2 Å². The van der Waals surface area contributed by atoms with Gasteiger partial charge in [0.1, 0.15) is 0 Å². The van der Waals surface area contributed by atoms with Crippen LogP contribution in [0.2, 0.25) is 0 Å². The SMILES string of the molecule is CCOC(=O)N1c2cc(OC)c(OC)cc2[C@@H](N(Cc2ccccc2)C(=O)Cc2cccc(C(F)(F)F)c2)C[C@H]1C. The van der Waals surface area contributed by atoms with E-state index < -0.39 is 23.9 Å². The van der Waals surface area contributed by atoms with Crippen molar-refractivity contribution >= 4 is 17.7 Å². The maximum Gasteiger partial charge on any atom is 0.416 e. The number of hydrogen-bond donors (Lipinski definition) is 0. The number of anilines is 1. The Hall–Kier alpha value is -4.21. The fourth-order valence-electron chi connectivity index (χ4n) is 5.20. The molecule has 3 aromatic carbocycles. The van der Waals surface area contributed by atoms with Crippen molar-refractivity contribution < 1.29 is 37.0 Å². The molecule has 0 radical (unpaired) electrons. The van der Waals surface area contributed by atoms with E-state index in [1.54, 1.807) is 24.0 Å². The summed E-state index contributed by atoms with van der Waals surface area (Å²) in [5, 5.41) is 0. The van der Waals surface area contributed by atoms with Crippen LogP contribution < -0.4 is 14.4 Å². The van der Waals surface area contributed by atoms with Crippen LogP contribution in [0.4, 0.5) is 23.7 Å². The monoisotopic (exact) mass is 570 g/mol. The predicted octanol–water partition coefficient (Wildman–Crippen LogP) is 6.79. The lowest BCUT2D eigenvalue weighted by Gasteiger charge is -2.43. The molecule has 0 bridgehead atoms. The second-order valence-corrected chi connectivity index (χ2v) is 9.82. The lowest BCUT2D eigenvalue weighted by atomic mass is 9.89. The molecule has 218 valence electrons. The third-order valence-corrected chi connectivity index (χ3v) is 7.12. The summed E-state index contributed by atoms with van der Waals surface area (Å²) >= 11 is 0. The first-order chi connectivity index (χ1) is 19.6. The number of carbonyl (C=O) groups excluding carboxylic acids is 2. The van der Waals surface area contributed by atoms with Crippen molar-refractivity contribution in [3.8, 4) is 11.5 Å². The molecular formula is C31H33F3N2O5. The second kappa shape index (κ2) is 12.5. The number of rotatable bonds is 8. The zero-order valence-corrected chi connectivity index (χ0v) is 23.4. The number of ether oxygens (including phenoxy) is 3. The van der Waals surface area contributed by atoms with Gasteiger partial charge in [0.05, 0.1) is 44.5 Å². The molecule has 2 atom stereocenters. The molecule has 0 unspecified atom stereocenters. The number of amides is 2. The van der Waals surface area contributed by atoms with Crippen LogP contribution in [0.3, 0.4) is 0 Å². The molecule has 2 amide bonds. The van der Waals surface area contributed by atoms with Crippen LogP contribution in [-0.2, 0) is 28.7 Å². The molecule has 10 heteroatoms. The molecule has 3 aromatic rings. The van der Waals surface area contributed by atoms with E-state index in [9.17, 15) is 22.8 Å². The Morgan fingerprint density at radius 3 is 2.24 bits per heavy atom. The fraction of sp³-hybridized carbons (Fsp3) is 0.355. The molecule has 0 spiro atoms. The minimum Gasteiger partial charge on any atom is -0.493 e. The van der Waals surface area contributed by atoms with Crippen molar-refractivity contribution in [1.82, 2.24) is 4.90 Å². The third kappa shape index (κ3) is 6.58. The largest absolute Gasteiger partial charge is 0.493 e. The summed E-state index contributed by atoms with van der Waals surface area (Å²) < 4.78 is 56.5. The third-order valence-electron chi connectivity index (χ3n) is 7.12. The van der Waals surface area contributed by atoms with Gasteiger partial charge in [-0.1, -0.05) is 48.5 Å². The molecule has 1 heterocycles. The van der Waals surface area contributed by atoms with Gasteiger partial charge < -0.3 is 19.1 Å². The molecule has 0 saturated heterocycles. The fourth-order valence-corrected chi connectivity index (χ4v) is 5.20. The summed E-state index contributed by atoms with van der Waals surface area (Å²) in [5.74, 6) is 0.466.